The predicted octanol–water partition coefficient (Wildman–Crippen LogP) is 3.73. The van der Waals surface area contributed by atoms with E-state index in [2.05, 4.69) is 4.98 Å². The molecule has 1 unspecified atom stereocenters. The van der Waals surface area contributed by atoms with Crippen molar-refractivity contribution >= 4 is 23.5 Å². The summed E-state index contributed by atoms with van der Waals surface area (Å²) >= 11 is 5.89. The van der Waals surface area contributed by atoms with Gasteiger partial charge in [0.25, 0.3) is 0 Å². The van der Waals surface area contributed by atoms with Crippen LogP contribution in [0.2, 0.25) is 5.02 Å². The van der Waals surface area contributed by atoms with E-state index < -0.39 is 0 Å². The molecule has 27 heavy (non-hydrogen) atoms. The number of likely N-dealkylation sites (tertiary alicyclic amines) is 1. The zero-order chi connectivity index (χ0) is 19.2. The minimum atomic E-state index is -0.221. The highest BCUT2D eigenvalue weighted by molar-refractivity contribution is 6.30. The third kappa shape index (κ3) is 5.10. The molecule has 6 nitrogen and oxygen atoms in total. The first-order chi connectivity index (χ1) is 13.1. The summed E-state index contributed by atoms with van der Waals surface area (Å²) in [7, 11) is 0. The van der Waals surface area contributed by atoms with Gasteiger partial charge in [0.05, 0.1) is 18.7 Å². The Balaban J connectivity index is 1.53. The highest BCUT2D eigenvalue weighted by Gasteiger charge is 2.29. The van der Waals surface area contributed by atoms with Crippen LogP contribution >= 0.6 is 11.6 Å². The molecule has 0 saturated carbocycles. The molecular weight excluding hydrogens is 368 g/mol. The van der Waals surface area contributed by atoms with Crippen LogP contribution in [0.25, 0.3) is 11.3 Å². The number of halogens is 1. The Hall–Kier alpha value is -2.34. The Bertz CT molecular complexity index is 788. The Morgan fingerprint density at radius 1 is 1.33 bits per heavy atom. The summed E-state index contributed by atoms with van der Waals surface area (Å²) in [6.07, 6.45) is 3.96. The van der Waals surface area contributed by atoms with Gasteiger partial charge in [0.15, 0.2) is 11.7 Å². The monoisotopic (exact) mass is 390 g/mol. The van der Waals surface area contributed by atoms with Gasteiger partial charge >= 0.3 is 5.97 Å². The van der Waals surface area contributed by atoms with Crippen molar-refractivity contribution in [1.82, 2.24) is 9.88 Å². The lowest BCUT2D eigenvalue weighted by atomic mass is 9.98. The number of esters is 1. The third-order valence-electron chi connectivity index (χ3n) is 4.63. The normalized spacial score (nSPS) is 17.0. The van der Waals surface area contributed by atoms with E-state index in [0.717, 1.165) is 18.4 Å². The van der Waals surface area contributed by atoms with Crippen molar-refractivity contribution in [3.8, 4) is 11.3 Å². The van der Waals surface area contributed by atoms with Crippen LogP contribution in [-0.4, -0.2) is 41.5 Å². The fourth-order valence-electron chi connectivity index (χ4n) is 3.20. The maximum absolute atomic E-state index is 12.5. The molecule has 0 bridgehead atoms. The molecule has 3 rings (SSSR count). The van der Waals surface area contributed by atoms with Crippen LogP contribution in [0.5, 0.6) is 0 Å². The first kappa shape index (κ1) is 19.4. The number of carbonyl (C=O) groups is 2. The number of hydrogen-bond donors (Lipinski definition) is 0. The number of benzene rings is 1. The molecule has 1 amide bonds. The fourth-order valence-corrected chi connectivity index (χ4v) is 3.33. The van der Waals surface area contributed by atoms with E-state index in [-0.39, 0.29) is 17.8 Å². The Labute approximate surface area is 163 Å². The molecule has 0 N–H and O–H groups in total. The minimum absolute atomic E-state index is 0.00948. The topological polar surface area (TPSA) is 72.6 Å². The molecule has 0 aliphatic carbocycles. The number of oxazole rings is 1. The second kappa shape index (κ2) is 9.04. The molecule has 1 atom stereocenters. The second-order valence-electron chi connectivity index (χ2n) is 6.56. The van der Waals surface area contributed by atoms with E-state index in [4.69, 9.17) is 20.8 Å². The highest BCUT2D eigenvalue weighted by Crippen LogP contribution is 2.23. The molecule has 1 aromatic carbocycles. The van der Waals surface area contributed by atoms with Gasteiger partial charge in [0.1, 0.15) is 0 Å². The molecule has 2 aromatic rings. The number of ether oxygens (including phenoxy) is 1. The largest absolute Gasteiger partial charge is 0.466 e. The molecule has 144 valence electrons. The van der Waals surface area contributed by atoms with E-state index in [1.165, 1.54) is 0 Å². The number of piperidine rings is 1. The van der Waals surface area contributed by atoms with Crippen molar-refractivity contribution in [3.63, 3.8) is 0 Å². The summed E-state index contributed by atoms with van der Waals surface area (Å²) in [5, 5.41) is 0.659. The van der Waals surface area contributed by atoms with Crippen LogP contribution in [0.3, 0.4) is 0 Å². The lowest BCUT2D eigenvalue weighted by Gasteiger charge is -2.31. The Morgan fingerprint density at radius 2 is 2.11 bits per heavy atom. The minimum Gasteiger partial charge on any atom is -0.466 e. The van der Waals surface area contributed by atoms with Gasteiger partial charge in [0.2, 0.25) is 5.91 Å². The van der Waals surface area contributed by atoms with Gasteiger partial charge in [-0.15, -0.1) is 0 Å². The molecule has 2 heterocycles. The lowest BCUT2D eigenvalue weighted by Crippen LogP contribution is -2.42. The summed E-state index contributed by atoms with van der Waals surface area (Å²) in [4.78, 5) is 30.4. The van der Waals surface area contributed by atoms with Crippen LogP contribution < -0.4 is 0 Å². The molecule has 1 fully saturated rings. The molecule has 1 aliphatic heterocycles. The van der Waals surface area contributed by atoms with E-state index in [0.29, 0.717) is 49.2 Å². The number of aromatic nitrogens is 1. The Morgan fingerprint density at radius 3 is 2.85 bits per heavy atom. The average Bonchev–Trinajstić information content (AvgIpc) is 3.16. The number of aryl methyl sites for hydroxylation is 1. The van der Waals surface area contributed by atoms with Crippen molar-refractivity contribution < 1.29 is 18.7 Å². The molecule has 1 aliphatic rings. The van der Waals surface area contributed by atoms with Crippen LogP contribution in [0.4, 0.5) is 0 Å². The van der Waals surface area contributed by atoms with E-state index >= 15 is 0 Å². The second-order valence-corrected chi connectivity index (χ2v) is 6.99. The van der Waals surface area contributed by atoms with Gasteiger partial charge in [-0.3, -0.25) is 9.59 Å². The predicted molar refractivity (Wildman–Crippen MR) is 101 cm³/mol. The van der Waals surface area contributed by atoms with Crippen molar-refractivity contribution in [2.24, 2.45) is 5.92 Å². The standard InChI is InChI=1S/C20H23ClN2O4/c1-2-26-20(25)15-4-3-11-23(13-15)19(24)10-9-18-22-12-17(27-18)14-5-7-16(21)8-6-14/h5-8,12,15H,2-4,9-11,13H2,1H3. The van der Waals surface area contributed by atoms with Gasteiger partial charge in [-0.1, -0.05) is 11.6 Å². The molecule has 0 spiro atoms. The average molecular weight is 391 g/mol. The van der Waals surface area contributed by atoms with Gasteiger partial charge in [-0.2, -0.15) is 0 Å². The van der Waals surface area contributed by atoms with Gasteiger partial charge in [-0.05, 0) is 44.0 Å². The smallest absolute Gasteiger partial charge is 0.310 e. The molecule has 7 heteroatoms. The first-order valence-corrected chi connectivity index (χ1v) is 9.59. The number of nitrogens with zero attached hydrogens (tertiary/aromatic N) is 2. The maximum atomic E-state index is 12.5. The summed E-state index contributed by atoms with van der Waals surface area (Å²) in [5.74, 6) is 0.744. The maximum Gasteiger partial charge on any atom is 0.310 e. The summed E-state index contributed by atoms with van der Waals surface area (Å²) in [6, 6.07) is 7.31. The summed E-state index contributed by atoms with van der Waals surface area (Å²) in [5.41, 5.74) is 0.887. The third-order valence-corrected chi connectivity index (χ3v) is 4.88. The van der Waals surface area contributed by atoms with Crippen LogP contribution in [0.1, 0.15) is 32.1 Å². The molecule has 1 saturated heterocycles. The first-order valence-electron chi connectivity index (χ1n) is 9.22. The molecule has 1 aromatic heterocycles. The molecule has 0 radical (unpaired) electrons. The number of amides is 1. The Kier molecular flexibility index (Phi) is 6.50. The fraction of sp³-hybridized carbons (Fsp3) is 0.450. The van der Waals surface area contributed by atoms with Crippen LogP contribution in [0.15, 0.2) is 34.9 Å². The van der Waals surface area contributed by atoms with E-state index in [1.54, 1.807) is 30.2 Å². The van der Waals surface area contributed by atoms with Crippen molar-refractivity contribution in [2.75, 3.05) is 19.7 Å². The van der Waals surface area contributed by atoms with Gasteiger partial charge < -0.3 is 14.1 Å². The zero-order valence-corrected chi connectivity index (χ0v) is 16.1. The van der Waals surface area contributed by atoms with Gasteiger partial charge in [-0.25, -0.2) is 4.98 Å². The number of carbonyl (C=O) groups excluding carboxylic acids is 2. The number of hydrogen-bond acceptors (Lipinski definition) is 5. The molecular formula is C20H23ClN2O4. The van der Waals surface area contributed by atoms with Crippen LogP contribution in [-0.2, 0) is 20.7 Å². The number of rotatable bonds is 6. The van der Waals surface area contributed by atoms with Crippen molar-refractivity contribution in [3.05, 3.63) is 41.4 Å². The van der Waals surface area contributed by atoms with Crippen molar-refractivity contribution in [2.45, 2.75) is 32.6 Å². The SMILES string of the molecule is CCOC(=O)C1CCCN(C(=O)CCc2ncc(-c3ccc(Cl)cc3)o2)C1. The van der Waals surface area contributed by atoms with E-state index in [1.807, 2.05) is 12.1 Å². The highest BCUT2D eigenvalue weighted by atomic mass is 35.5. The quantitative estimate of drug-likeness (QED) is 0.702. The zero-order valence-electron chi connectivity index (χ0n) is 15.3. The summed E-state index contributed by atoms with van der Waals surface area (Å²) < 4.78 is 10.8. The lowest BCUT2D eigenvalue weighted by molar-refractivity contribution is -0.151. The summed E-state index contributed by atoms with van der Waals surface area (Å²) in [6.45, 7) is 3.26. The van der Waals surface area contributed by atoms with Crippen LogP contribution in [0, 0.1) is 5.92 Å². The van der Waals surface area contributed by atoms with E-state index in [9.17, 15) is 9.59 Å². The van der Waals surface area contributed by atoms with Gasteiger partial charge in [0, 0.05) is 36.5 Å². The van der Waals surface area contributed by atoms with Crippen molar-refractivity contribution in [1.29, 1.82) is 0 Å².